The van der Waals surface area contributed by atoms with Gasteiger partial charge in [0.25, 0.3) is 0 Å². The van der Waals surface area contributed by atoms with Gasteiger partial charge in [0.05, 0.1) is 16.3 Å². The molecule has 0 saturated carbocycles. The normalized spacial score (nSPS) is 11.6. The average Bonchev–Trinajstić information content (AvgIpc) is 2.93. The van der Waals surface area contributed by atoms with Crippen LogP contribution in [0.3, 0.4) is 0 Å². The highest BCUT2D eigenvalue weighted by Gasteiger charge is 2.10. The van der Waals surface area contributed by atoms with E-state index in [1.165, 1.54) is 6.20 Å². The molecule has 0 aliphatic heterocycles. The van der Waals surface area contributed by atoms with Gasteiger partial charge in [-0.2, -0.15) is 0 Å². The van der Waals surface area contributed by atoms with Crippen LogP contribution in [0, 0.1) is 0 Å². The molecule has 0 unspecified atom stereocenters. The smallest absolute Gasteiger partial charge is 0.232 e. The maximum absolute atomic E-state index is 11.3. The third kappa shape index (κ3) is 2.98. The molecule has 3 aromatic rings. The second-order valence-corrected chi connectivity index (χ2v) is 5.32. The van der Waals surface area contributed by atoms with Gasteiger partial charge in [-0.15, -0.1) is 0 Å². The van der Waals surface area contributed by atoms with E-state index in [1.54, 1.807) is 24.3 Å². The first-order valence-corrected chi connectivity index (χ1v) is 7.16. The Kier molecular flexibility index (Phi) is 4.13. The van der Waals surface area contributed by atoms with Crippen molar-refractivity contribution >= 4 is 51.8 Å². The van der Waals surface area contributed by atoms with Crippen LogP contribution in [0.5, 0.6) is 0 Å². The predicted molar refractivity (Wildman–Crippen MR) is 88.1 cm³/mol. The third-order valence-electron chi connectivity index (χ3n) is 2.98. The van der Waals surface area contributed by atoms with E-state index in [0.717, 1.165) is 0 Å². The molecular weight excluding hydrogens is 323 g/mol. The molecule has 0 saturated heterocycles. The second-order valence-electron chi connectivity index (χ2n) is 4.47. The van der Waals surface area contributed by atoms with Gasteiger partial charge >= 0.3 is 0 Å². The van der Waals surface area contributed by atoms with Crippen molar-refractivity contribution in [2.24, 2.45) is 0 Å². The highest BCUT2D eigenvalue weighted by Crippen LogP contribution is 2.26. The molecule has 0 aliphatic carbocycles. The molecule has 6 heteroatoms. The first-order valence-electron chi connectivity index (χ1n) is 6.40. The van der Waals surface area contributed by atoms with Gasteiger partial charge in [-0.3, -0.25) is 4.79 Å². The molecule has 110 valence electrons. The first-order chi connectivity index (χ1) is 10.7. The molecule has 0 aliphatic rings. The predicted octanol–water partition coefficient (Wildman–Crippen LogP) is 4.79. The van der Waals surface area contributed by atoms with Gasteiger partial charge in [-0.25, -0.2) is 4.98 Å². The van der Waals surface area contributed by atoms with Crippen molar-refractivity contribution in [3.8, 4) is 0 Å². The monoisotopic (exact) mass is 332 g/mol. The SMILES string of the molecule is O=C/C(=C\Nc1ccc(Cl)cc1Cl)c1nc2ccccc2o1. The minimum atomic E-state index is 0.244. The molecule has 0 fully saturated rings. The summed E-state index contributed by atoms with van der Waals surface area (Å²) in [6.45, 7) is 0. The number of carbonyl (C=O) groups excluding carboxylic acids is 1. The zero-order chi connectivity index (χ0) is 15.5. The van der Waals surface area contributed by atoms with E-state index in [-0.39, 0.29) is 11.5 Å². The van der Waals surface area contributed by atoms with Gasteiger partial charge in [0.1, 0.15) is 5.52 Å². The lowest BCUT2D eigenvalue weighted by Gasteiger charge is -2.04. The van der Waals surface area contributed by atoms with Crippen LogP contribution >= 0.6 is 23.2 Å². The van der Waals surface area contributed by atoms with Crippen molar-refractivity contribution < 1.29 is 9.21 Å². The Morgan fingerprint density at radius 3 is 2.73 bits per heavy atom. The molecule has 2 aromatic carbocycles. The fraction of sp³-hybridized carbons (Fsp3) is 0. The van der Waals surface area contributed by atoms with Gasteiger partial charge in [0, 0.05) is 11.2 Å². The lowest BCUT2D eigenvalue weighted by atomic mass is 10.3. The molecule has 1 aromatic heterocycles. The fourth-order valence-electron chi connectivity index (χ4n) is 1.90. The lowest BCUT2D eigenvalue weighted by Crippen LogP contribution is -1.94. The number of nitrogens with one attached hydrogen (secondary N) is 1. The van der Waals surface area contributed by atoms with Crippen molar-refractivity contribution in [3.05, 3.63) is 64.6 Å². The summed E-state index contributed by atoms with van der Waals surface area (Å²) < 4.78 is 5.55. The van der Waals surface area contributed by atoms with Gasteiger partial charge < -0.3 is 9.73 Å². The van der Waals surface area contributed by atoms with Gasteiger partial charge in [0.2, 0.25) is 5.89 Å². The largest absolute Gasteiger partial charge is 0.436 e. The Morgan fingerprint density at radius 2 is 2.00 bits per heavy atom. The minimum Gasteiger partial charge on any atom is -0.436 e. The number of benzene rings is 2. The van der Waals surface area contributed by atoms with E-state index in [0.29, 0.717) is 33.1 Å². The van der Waals surface area contributed by atoms with Crippen LogP contribution in [0.4, 0.5) is 5.69 Å². The Balaban J connectivity index is 1.91. The number of halogens is 2. The maximum atomic E-state index is 11.3. The van der Waals surface area contributed by atoms with Crippen molar-refractivity contribution in [2.75, 3.05) is 5.32 Å². The number of hydrogen-bond donors (Lipinski definition) is 1. The van der Waals surface area contributed by atoms with Crippen LogP contribution in [-0.2, 0) is 4.79 Å². The van der Waals surface area contributed by atoms with Crippen molar-refractivity contribution in [1.29, 1.82) is 0 Å². The number of carbonyl (C=O) groups is 1. The van der Waals surface area contributed by atoms with Crippen LogP contribution in [-0.4, -0.2) is 11.3 Å². The highest BCUT2D eigenvalue weighted by molar-refractivity contribution is 6.36. The molecule has 22 heavy (non-hydrogen) atoms. The fourth-order valence-corrected chi connectivity index (χ4v) is 2.37. The molecular formula is C16H10Cl2N2O2. The van der Waals surface area contributed by atoms with Crippen LogP contribution in [0.1, 0.15) is 5.89 Å². The minimum absolute atomic E-state index is 0.244. The van der Waals surface area contributed by atoms with Gasteiger partial charge in [-0.05, 0) is 30.3 Å². The topological polar surface area (TPSA) is 55.1 Å². The van der Waals surface area contributed by atoms with E-state index >= 15 is 0 Å². The summed E-state index contributed by atoms with van der Waals surface area (Å²) >= 11 is 11.9. The Morgan fingerprint density at radius 1 is 1.18 bits per heavy atom. The van der Waals surface area contributed by atoms with E-state index in [9.17, 15) is 4.79 Å². The summed E-state index contributed by atoms with van der Waals surface area (Å²) in [4.78, 5) is 15.6. The van der Waals surface area contributed by atoms with Crippen LogP contribution < -0.4 is 5.32 Å². The van der Waals surface area contributed by atoms with Gasteiger partial charge in [0.15, 0.2) is 11.9 Å². The first kappa shape index (κ1) is 14.6. The second kappa shape index (κ2) is 6.22. The molecule has 1 heterocycles. The average molecular weight is 333 g/mol. The van der Waals surface area contributed by atoms with Crippen molar-refractivity contribution in [3.63, 3.8) is 0 Å². The number of anilines is 1. The van der Waals surface area contributed by atoms with Crippen molar-refractivity contribution in [1.82, 2.24) is 4.98 Å². The number of oxazole rings is 1. The number of hydrogen-bond acceptors (Lipinski definition) is 4. The number of rotatable bonds is 4. The quantitative estimate of drug-likeness (QED) is 0.551. The summed E-state index contributed by atoms with van der Waals surface area (Å²) in [6.07, 6.45) is 2.16. The molecule has 0 atom stereocenters. The van der Waals surface area contributed by atoms with E-state index in [4.69, 9.17) is 27.6 Å². The highest BCUT2D eigenvalue weighted by atomic mass is 35.5. The van der Waals surface area contributed by atoms with E-state index in [1.807, 2.05) is 18.2 Å². The third-order valence-corrected chi connectivity index (χ3v) is 3.53. The molecule has 3 rings (SSSR count). The number of para-hydroxylation sites is 2. The summed E-state index contributed by atoms with van der Waals surface area (Å²) in [5.41, 5.74) is 2.22. The molecule has 0 radical (unpaired) electrons. The Labute approximate surface area is 136 Å². The molecule has 4 nitrogen and oxygen atoms in total. The number of allylic oxidation sites excluding steroid dienone is 1. The lowest BCUT2D eigenvalue weighted by molar-refractivity contribution is -0.103. The molecule has 0 amide bonds. The van der Waals surface area contributed by atoms with Gasteiger partial charge in [-0.1, -0.05) is 35.3 Å². The van der Waals surface area contributed by atoms with E-state index in [2.05, 4.69) is 10.3 Å². The zero-order valence-corrected chi connectivity index (χ0v) is 12.7. The Bertz CT molecular complexity index is 838. The van der Waals surface area contributed by atoms with Crippen LogP contribution in [0.2, 0.25) is 10.0 Å². The number of aldehydes is 1. The summed E-state index contributed by atoms with van der Waals surface area (Å²) in [7, 11) is 0. The maximum Gasteiger partial charge on any atom is 0.232 e. The summed E-state index contributed by atoms with van der Waals surface area (Å²) in [5, 5.41) is 3.94. The number of aromatic nitrogens is 1. The number of fused-ring (bicyclic) bond motifs is 1. The molecule has 1 N–H and O–H groups in total. The molecule has 0 bridgehead atoms. The van der Waals surface area contributed by atoms with Crippen molar-refractivity contribution in [2.45, 2.75) is 0 Å². The standard InChI is InChI=1S/C16H10Cl2N2O2/c17-11-5-6-13(12(18)7-11)19-8-10(9-21)16-20-14-3-1-2-4-15(14)22-16/h1-9,19H/b10-8+. The van der Waals surface area contributed by atoms with Crippen LogP contribution in [0.15, 0.2) is 53.1 Å². The summed E-state index contributed by atoms with van der Waals surface area (Å²) in [5.74, 6) is 0.244. The van der Waals surface area contributed by atoms with E-state index < -0.39 is 0 Å². The van der Waals surface area contributed by atoms with Crippen LogP contribution in [0.25, 0.3) is 16.7 Å². The number of nitrogens with zero attached hydrogens (tertiary/aromatic N) is 1. The zero-order valence-electron chi connectivity index (χ0n) is 11.2. The summed E-state index contributed by atoms with van der Waals surface area (Å²) in [6, 6.07) is 12.3. The Hall–Kier alpha value is -2.30. The molecule has 0 spiro atoms.